The highest BCUT2D eigenvalue weighted by molar-refractivity contribution is 7.90. The Morgan fingerprint density at radius 3 is 1.96 bits per heavy atom. The van der Waals surface area contributed by atoms with Gasteiger partial charge in [-0.3, -0.25) is 0 Å². The topological polar surface area (TPSA) is 118 Å². The largest absolute Gasteiger partial charge is 0.325 e. The lowest BCUT2D eigenvalue weighted by Gasteiger charge is -2.15. The van der Waals surface area contributed by atoms with Crippen molar-refractivity contribution in [2.45, 2.75) is 34.6 Å². The minimum Gasteiger partial charge on any atom is -0.325 e. The number of nitrogens with one attached hydrogen (secondary N) is 2. The summed E-state index contributed by atoms with van der Waals surface area (Å²) < 4.78 is 77.9. The van der Waals surface area contributed by atoms with Crippen molar-refractivity contribution in [3.05, 3.63) is 24.3 Å². The normalized spacial score (nSPS) is 16.5. The number of nitrogens with two attached hydrogens (primary N) is 1. The van der Waals surface area contributed by atoms with Gasteiger partial charge in [0.2, 0.25) is 20.0 Å². The molecule has 7 nitrogen and oxygen atoms in total. The van der Waals surface area contributed by atoms with Crippen LogP contribution in [0.25, 0.3) is 0 Å². The first-order valence-corrected chi connectivity index (χ1v) is 9.72. The third-order valence-corrected chi connectivity index (χ3v) is 6.12. The fourth-order valence-corrected chi connectivity index (χ4v) is 4.01. The van der Waals surface area contributed by atoms with Crippen molar-refractivity contribution in [3.8, 4) is 0 Å². The van der Waals surface area contributed by atoms with E-state index in [0.29, 0.717) is 0 Å². The van der Waals surface area contributed by atoms with Gasteiger partial charge in [-0.15, -0.1) is 0 Å². The molecule has 1 aliphatic carbocycles. The van der Waals surface area contributed by atoms with Gasteiger partial charge in [0, 0.05) is 6.04 Å². The molecule has 4 N–H and O–H groups in total. The smallest absolute Gasteiger partial charge is 0.273 e. The Hall–Kier alpha value is -1.14. The van der Waals surface area contributed by atoms with E-state index in [0.717, 1.165) is 37.1 Å². The van der Waals surface area contributed by atoms with E-state index in [1.54, 1.807) is 4.72 Å². The number of benzene rings is 1. The van der Waals surface area contributed by atoms with Gasteiger partial charge in [-0.25, -0.2) is 35.1 Å². The highest BCUT2D eigenvalue weighted by Crippen LogP contribution is 2.23. The van der Waals surface area contributed by atoms with Crippen molar-refractivity contribution in [1.29, 1.82) is 0 Å². The number of sulfonamides is 2. The van der Waals surface area contributed by atoms with Crippen molar-refractivity contribution in [3.63, 3.8) is 0 Å². The van der Waals surface area contributed by atoms with Crippen LogP contribution in [0.2, 0.25) is 0 Å². The van der Waals surface area contributed by atoms with Gasteiger partial charge < -0.3 is 5.73 Å². The first kappa shape index (κ1) is 18.2. The predicted molar refractivity (Wildman–Crippen MR) is 79.0 cm³/mol. The Morgan fingerprint density at radius 2 is 1.52 bits per heavy atom. The molecule has 0 atom stereocenters. The summed E-state index contributed by atoms with van der Waals surface area (Å²) in [7, 11) is -7.88. The van der Waals surface area contributed by atoms with Gasteiger partial charge in [-0.05, 0) is 37.1 Å². The van der Waals surface area contributed by atoms with Gasteiger partial charge in [0.1, 0.15) is 0 Å². The zero-order valence-electron chi connectivity index (χ0n) is 12.0. The maximum atomic E-state index is 13.0. The van der Waals surface area contributed by atoms with Crippen molar-refractivity contribution in [2.24, 2.45) is 5.73 Å². The van der Waals surface area contributed by atoms with E-state index < -0.39 is 39.1 Å². The second-order valence-corrected chi connectivity index (χ2v) is 8.73. The summed E-state index contributed by atoms with van der Waals surface area (Å²) in [5.74, 6) is -3.36. The highest BCUT2D eigenvalue weighted by atomic mass is 32.2. The molecule has 23 heavy (non-hydrogen) atoms. The average molecular weight is 369 g/mol. The molecule has 1 fully saturated rings. The molecular weight excluding hydrogens is 352 g/mol. The van der Waals surface area contributed by atoms with E-state index in [-0.39, 0.29) is 15.8 Å². The molecule has 0 saturated heterocycles. The summed E-state index contributed by atoms with van der Waals surface area (Å²) in [6, 6.07) is 4.23. The summed E-state index contributed by atoms with van der Waals surface area (Å²) in [6.45, 7) is -2.12. The van der Waals surface area contributed by atoms with Crippen LogP contribution in [-0.2, 0) is 20.0 Å². The van der Waals surface area contributed by atoms with Gasteiger partial charge in [0.15, 0.2) is 0 Å². The minimum atomic E-state index is -4.18. The minimum absolute atomic E-state index is 0.0800. The van der Waals surface area contributed by atoms with Crippen molar-refractivity contribution in [1.82, 2.24) is 9.44 Å². The lowest BCUT2D eigenvalue weighted by molar-refractivity contribution is 0.0170. The Morgan fingerprint density at radius 1 is 1.04 bits per heavy atom. The molecule has 0 spiro atoms. The number of alkyl halides is 2. The Balaban J connectivity index is 2.11. The standard InChI is InChI=1S/C12H17F2N3O4S2/c13-12(14,7-15)8-16-22(18,19)10-3-5-11(6-4-10)23(20,21)17-9-1-2-9/h3-6,9,16-17H,1-2,7-8,15H2. The lowest BCUT2D eigenvalue weighted by Crippen LogP contribution is -2.41. The summed E-state index contributed by atoms with van der Waals surface area (Å²) in [5.41, 5.74) is 4.83. The van der Waals surface area contributed by atoms with Crippen molar-refractivity contribution in [2.75, 3.05) is 13.1 Å². The van der Waals surface area contributed by atoms with Crippen molar-refractivity contribution >= 4 is 20.0 Å². The van der Waals surface area contributed by atoms with E-state index >= 15 is 0 Å². The average Bonchev–Trinajstić information content (AvgIpc) is 3.29. The monoisotopic (exact) mass is 369 g/mol. The zero-order valence-corrected chi connectivity index (χ0v) is 13.6. The summed E-state index contributed by atoms with van der Waals surface area (Å²) in [6.07, 6.45) is 1.54. The molecule has 1 aliphatic rings. The first-order chi connectivity index (χ1) is 10.6. The molecule has 1 aromatic carbocycles. The van der Waals surface area contributed by atoms with Crippen LogP contribution in [0.1, 0.15) is 12.8 Å². The fourth-order valence-electron chi connectivity index (χ4n) is 1.64. The van der Waals surface area contributed by atoms with Gasteiger partial charge in [0.05, 0.1) is 22.9 Å². The molecule has 0 heterocycles. The maximum absolute atomic E-state index is 13.0. The SMILES string of the molecule is NCC(F)(F)CNS(=O)(=O)c1ccc(S(=O)(=O)NC2CC2)cc1. The number of hydrogen-bond donors (Lipinski definition) is 3. The second-order valence-electron chi connectivity index (χ2n) is 5.25. The third kappa shape index (κ3) is 4.91. The maximum Gasteiger partial charge on any atom is 0.273 e. The fraction of sp³-hybridized carbons (Fsp3) is 0.500. The molecule has 1 aromatic rings. The van der Waals surface area contributed by atoms with Crippen LogP contribution in [0.5, 0.6) is 0 Å². The summed E-state index contributed by atoms with van der Waals surface area (Å²) in [4.78, 5) is -0.397. The lowest BCUT2D eigenvalue weighted by atomic mass is 10.3. The Bertz CT molecular complexity index is 760. The number of hydrogen-bond acceptors (Lipinski definition) is 5. The third-order valence-electron chi connectivity index (χ3n) is 3.16. The summed E-state index contributed by atoms with van der Waals surface area (Å²) in [5, 5.41) is 0. The second kappa shape index (κ2) is 6.40. The molecule has 0 amide bonds. The molecule has 1 saturated carbocycles. The molecule has 130 valence electrons. The van der Waals surface area contributed by atoms with E-state index in [9.17, 15) is 25.6 Å². The van der Waals surface area contributed by atoms with Crippen LogP contribution < -0.4 is 15.2 Å². The van der Waals surface area contributed by atoms with E-state index in [4.69, 9.17) is 5.73 Å². The Kier molecular flexibility index (Phi) is 5.06. The van der Waals surface area contributed by atoms with Gasteiger partial charge in [-0.2, -0.15) is 0 Å². The Labute approximate surface area is 133 Å². The summed E-state index contributed by atoms with van der Waals surface area (Å²) >= 11 is 0. The van der Waals surface area contributed by atoms with Crippen molar-refractivity contribution < 1.29 is 25.6 Å². The molecule has 0 aliphatic heterocycles. The molecular formula is C12H17F2N3O4S2. The predicted octanol–water partition coefficient (Wildman–Crippen LogP) is -0.000400. The van der Waals surface area contributed by atoms with Crippen LogP contribution in [0.4, 0.5) is 8.78 Å². The van der Waals surface area contributed by atoms with Crippen LogP contribution in [0.3, 0.4) is 0 Å². The van der Waals surface area contributed by atoms with E-state index in [1.807, 2.05) is 0 Å². The number of rotatable bonds is 8. The first-order valence-electron chi connectivity index (χ1n) is 6.76. The van der Waals surface area contributed by atoms with E-state index in [2.05, 4.69) is 4.72 Å². The molecule has 2 rings (SSSR count). The van der Waals surface area contributed by atoms with Crippen LogP contribution in [-0.4, -0.2) is 41.9 Å². The van der Waals surface area contributed by atoms with Crippen LogP contribution >= 0.6 is 0 Å². The molecule has 0 radical (unpaired) electrons. The van der Waals surface area contributed by atoms with E-state index in [1.165, 1.54) is 0 Å². The van der Waals surface area contributed by atoms with Gasteiger partial charge in [-0.1, -0.05) is 0 Å². The number of halogens is 2. The zero-order chi connectivity index (χ0) is 17.3. The van der Waals surface area contributed by atoms with Crippen LogP contribution in [0, 0.1) is 0 Å². The quantitative estimate of drug-likeness (QED) is 0.596. The van der Waals surface area contributed by atoms with Gasteiger partial charge >= 0.3 is 0 Å². The molecule has 0 aromatic heterocycles. The molecule has 0 unspecified atom stereocenters. The highest BCUT2D eigenvalue weighted by Gasteiger charge is 2.30. The van der Waals surface area contributed by atoms with Gasteiger partial charge in [0.25, 0.3) is 5.92 Å². The molecule has 0 bridgehead atoms. The van der Waals surface area contributed by atoms with Crippen LogP contribution in [0.15, 0.2) is 34.1 Å². The molecule has 11 heteroatoms.